The highest BCUT2D eigenvalue weighted by atomic mass is 32.2. The summed E-state index contributed by atoms with van der Waals surface area (Å²) in [4.78, 5) is 13.0. The number of thioether (sulfide) groups is 1. The van der Waals surface area contributed by atoms with E-state index in [1.807, 2.05) is 18.2 Å². The molecule has 0 radical (unpaired) electrons. The van der Waals surface area contributed by atoms with Crippen molar-refractivity contribution in [3.63, 3.8) is 0 Å². The van der Waals surface area contributed by atoms with E-state index in [-0.39, 0.29) is 6.04 Å². The molecule has 3 rings (SSSR count). The molecule has 2 aromatic carbocycles. The molecule has 0 aromatic heterocycles. The Kier molecular flexibility index (Phi) is 4.13. The lowest BCUT2D eigenvalue weighted by Gasteiger charge is -2.30. The first-order valence-electron chi connectivity index (χ1n) is 7.29. The van der Waals surface area contributed by atoms with Crippen molar-refractivity contribution in [2.45, 2.75) is 29.8 Å². The fourth-order valence-corrected chi connectivity index (χ4v) is 4.02. The molecule has 2 atom stereocenters. The van der Waals surface area contributed by atoms with Crippen LogP contribution in [0.1, 0.15) is 30.5 Å². The SMILES string of the molecule is CC[C@]1(C=O)CSc2ccccc2[C@H](c2ccccc2)N1. The molecule has 1 aliphatic rings. The first kappa shape index (κ1) is 14.4. The Labute approximate surface area is 130 Å². The first-order valence-corrected chi connectivity index (χ1v) is 8.27. The second kappa shape index (κ2) is 6.04. The average molecular weight is 297 g/mol. The van der Waals surface area contributed by atoms with Crippen molar-refractivity contribution in [1.82, 2.24) is 5.32 Å². The van der Waals surface area contributed by atoms with Crippen molar-refractivity contribution in [2.75, 3.05) is 5.75 Å². The Morgan fingerprint density at radius 3 is 2.62 bits per heavy atom. The standard InChI is InChI=1S/C18H19NOS/c1-2-18(12-20)13-21-16-11-7-6-10-15(16)17(19-18)14-8-4-3-5-9-14/h3-12,17,19H,2,13H2,1H3/t17-,18-/m0/s1. The summed E-state index contributed by atoms with van der Waals surface area (Å²) in [6.07, 6.45) is 1.88. The third-order valence-corrected chi connectivity index (χ3v) is 5.48. The van der Waals surface area contributed by atoms with Crippen LogP contribution in [0.3, 0.4) is 0 Å². The molecule has 2 nitrogen and oxygen atoms in total. The van der Waals surface area contributed by atoms with Gasteiger partial charge in [0.2, 0.25) is 0 Å². The Bertz CT molecular complexity index is 628. The normalized spacial score (nSPS) is 24.9. The van der Waals surface area contributed by atoms with Crippen LogP contribution in [0.2, 0.25) is 0 Å². The van der Waals surface area contributed by atoms with Crippen molar-refractivity contribution in [3.05, 3.63) is 65.7 Å². The number of carbonyl (C=O) groups excluding carboxylic acids is 1. The van der Waals surface area contributed by atoms with E-state index >= 15 is 0 Å². The molecule has 21 heavy (non-hydrogen) atoms. The molecular weight excluding hydrogens is 278 g/mol. The molecule has 0 unspecified atom stereocenters. The van der Waals surface area contributed by atoms with Crippen molar-refractivity contribution < 1.29 is 4.79 Å². The van der Waals surface area contributed by atoms with E-state index < -0.39 is 5.54 Å². The second-order valence-electron chi connectivity index (χ2n) is 5.44. The van der Waals surface area contributed by atoms with E-state index in [0.717, 1.165) is 18.5 Å². The Hall–Kier alpha value is -1.58. The number of aldehydes is 1. The average Bonchev–Trinajstić information content (AvgIpc) is 2.74. The molecule has 0 bridgehead atoms. The highest BCUT2D eigenvalue weighted by Gasteiger charge is 2.35. The molecule has 1 N–H and O–H groups in total. The van der Waals surface area contributed by atoms with E-state index in [4.69, 9.17) is 0 Å². The van der Waals surface area contributed by atoms with Crippen LogP contribution in [-0.4, -0.2) is 17.6 Å². The van der Waals surface area contributed by atoms with Gasteiger partial charge in [-0.1, -0.05) is 55.5 Å². The second-order valence-corrected chi connectivity index (χ2v) is 6.46. The van der Waals surface area contributed by atoms with Gasteiger partial charge in [-0.25, -0.2) is 0 Å². The van der Waals surface area contributed by atoms with Gasteiger partial charge in [0, 0.05) is 10.6 Å². The topological polar surface area (TPSA) is 29.1 Å². The third-order valence-electron chi connectivity index (χ3n) is 4.14. The minimum Gasteiger partial charge on any atom is -0.301 e. The number of rotatable bonds is 3. The molecule has 2 aromatic rings. The summed E-state index contributed by atoms with van der Waals surface area (Å²) >= 11 is 1.77. The summed E-state index contributed by atoms with van der Waals surface area (Å²) in [6.45, 7) is 2.07. The number of benzene rings is 2. The zero-order valence-corrected chi connectivity index (χ0v) is 12.9. The molecule has 108 valence electrons. The van der Waals surface area contributed by atoms with Gasteiger partial charge in [-0.2, -0.15) is 0 Å². The number of fused-ring (bicyclic) bond motifs is 1. The van der Waals surface area contributed by atoms with Crippen LogP contribution < -0.4 is 5.32 Å². The molecule has 0 saturated heterocycles. The van der Waals surface area contributed by atoms with Crippen LogP contribution in [0.4, 0.5) is 0 Å². The maximum absolute atomic E-state index is 11.7. The van der Waals surface area contributed by atoms with Gasteiger partial charge in [-0.05, 0) is 23.6 Å². The summed E-state index contributed by atoms with van der Waals surface area (Å²) in [5.74, 6) is 0.771. The first-order chi connectivity index (χ1) is 10.3. The van der Waals surface area contributed by atoms with Gasteiger partial charge in [0.15, 0.2) is 0 Å². The van der Waals surface area contributed by atoms with Gasteiger partial charge < -0.3 is 4.79 Å². The van der Waals surface area contributed by atoms with Gasteiger partial charge in [0.25, 0.3) is 0 Å². The van der Waals surface area contributed by atoms with Gasteiger partial charge in [0.05, 0.1) is 11.6 Å². The smallest absolute Gasteiger partial charge is 0.140 e. The summed E-state index contributed by atoms with van der Waals surface area (Å²) in [7, 11) is 0. The van der Waals surface area contributed by atoms with Gasteiger partial charge in [-0.15, -0.1) is 11.8 Å². The third kappa shape index (κ3) is 2.76. The predicted molar refractivity (Wildman–Crippen MR) is 87.7 cm³/mol. The molecule has 0 amide bonds. The van der Waals surface area contributed by atoms with Crippen LogP contribution >= 0.6 is 11.8 Å². The van der Waals surface area contributed by atoms with Crippen LogP contribution in [-0.2, 0) is 4.79 Å². The Morgan fingerprint density at radius 1 is 1.19 bits per heavy atom. The number of carbonyl (C=O) groups is 1. The van der Waals surface area contributed by atoms with Crippen molar-refractivity contribution in [3.8, 4) is 0 Å². The molecule has 0 spiro atoms. The van der Waals surface area contributed by atoms with E-state index in [1.165, 1.54) is 16.0 Å². The van der Waals surface area contributed by atoms with Gasteiger partial charge >= 0.3 is 0 Å². The van der Waals surface area contributed by atoms with Crippen molar-refractivity contribution in [2.24, 2.45) is 0 Å². The quantitative estimate of drug-likeness (QED) is 0.873. The fourth-order valence-electron chi connectivity index (χ4n) is 2.73. The fraction of sp³-hybridized carbons (Fsp3) is 0.278. The summed E-state index contributed by atoms with van der Waals surface area (Å²) in [5.41, 5.74) is 1.99. The Morgan fingerprint density at radius 2 is 1.90 bits per heavy atom. The highest BCUT2D eigenvalue weighted by molar-refractivity contribution is 7.99. The number of nitrogens with one attached hydrogen (secondary N) is 1. The molecule has 3 heteroatoms. The van der Waals surface area contributed by atoms with Crippen LogP contribution in [0.15, 0.2) is 59.5 Å². The lowest BCUT2D eigenvalue weighted by Crippen LogP contribution is -2.49. The highest BCUT2D eigenvalue weighted by Crippen LogP contribution is 2.38. The van der Waals surface area contributed by atoms with Crippen molar-refractivity contribution >= 4 is 18.0 Å². The minimum atomic E-state index is -0.468. The van der Waals surface area contributed by atoms with Gasteiger partial charge in [0.1, 0.15) is 6.29 Å². The van der Waals surface area contributed by atoms with Crippen LogP contribution in [0.25, 0.3) is 0 Å². The minimum absolute atomic E-state index is 0.0579. The van der Waals surface area contributed by atoms with Gasteiger partial charge in [-0.3, -0.25) is 5.32 Å². The Balaban J connectivity index is 2.10. The lowest BCUT2D eigenvalue weighted by molar-refractivity contribution is -0.113. The molecule has 0 aliphatic carbocycles. The van der Waals surface area contributed by atoms with Crippen LogP contribution in [0.5, 0.6) is 0 Å². The maximum atomic E-state index is 11.7. The van der Waals surface area contributed by atoms with E-state index in [0.29, 0.717) is 0 Å². The summed E-state index contributed by atoms with van der Waals surface area (Å²) in [6, 6.07) is 18.8. The lowest BCUT2D eigenvalue weighted by atomic mass is 9.93. The maximum Gasteiger partial charge on any atom is 0.140 e. The summed E-state index contributed by atoms with van der Waals surface area (Å²) < 4.78 is 0. The number of hydrogen-bond donors (Lipinski definition) is 1. The van der Waals surface area contributed by atoms with E-state index in [2.05, 4.69) is 48.6 Å². The molecule has 1 heterocycles. The van der Waals surface area contributed by atoms with E-state index in [1.54, 1.807) is 11.8 Å². The molecule has 1 aliphatic heterocycles. The summed E-state index contributed by atoms with van der Waals surface area (Å²) in [5, 5.41) is 3.61. The molecule has 0 fully saturated rings. The molecule has 0 saturated carbocycles. The predicted octanol–water partition coefficient (Wildman–Crippen LogP) is 3.82. The molecular formula is C18H19NOS. The van der Waals surface area contributed by atoms with Crippen molar-refractivity contribution in [1.29, 1.82) is 0 Å². The largest absolute Gasteiger partial charge is 0.301 e. The van der Waals surface area contributed by atoms with Crippen LogP contribution in [0, 0.1) is 0 Å². The monoisotopic (exact) mass is 297 g/mol. The van der Waals surface area contributed by atoms with E-state index in [9.17, 15) is 4.79 Å². The zero-order valence-electron chi connectivity index (χ0n) is 12.1. The zero-order chi connectivity index (χ0) is 14.7. The number of hydrogen-bond acceptors (Lipinski definition) is 3.